The zero-order chi connectivity index (χ0) is 19.8. The van der Waals surface area contributed by atoms with Gasteiger partial charge in [-0.05, 0) is 55.3 Å². The summed E-state index contributed by atoms with van der Waals surface area (Å²) in [6, 6.07) is 9.43. The fraction of sp³-hybridized carbons (Fsp3) is 0.263. The van der Waals surface area contributed by atoms with E-state index in [1.165, 1.54) is 25.3 Å². The predicted molar refractivity (Wildman–Crippen MR) is 101 cm³/mol. The number of nitrogens with zero attached hydrogens (tertiary/aromatic N) is 1. The molecule has 1 fully saturated rings. The van der Waals surface area contributed by atoms with E-state index in [-0.39, 0.29) is 41.0 Å². The number of hydrogen-bond acceptors (Lipinski definition) is 5. The van der Waals surface area contributed by atoms with Gasteiger partial charge in [0.2, 0.25) is 11.8 Å². The second-order valence-corrected chi connectivity index (χ2v) is 8.01. The standard InChI is InChI=1S/C19H20N2O5S/c1-12-4-5-14(10-13(12)2)20-27(24,25)17-11-15(6-7-16(17)26-3)21-18(22)8-9-19(21)23/h4-7,10-11,20H,8-9H2,1-3H3. The fourth-order valence-electron chi connectivity index (χ4n) is 2.89. The molecule has 1 heterocycles. The molecule has 0 spiro atoms. The molecule has 0 radical (unpaired) electrons. The molecule has 27 heavy (non-hydrogen) atoms. The third-order valence-electron chi connectivity index (χ3n) is 4.51. The third-order valence-corrected chi connectivity index (χ3v) is 5.91. The van der Waals surface area contributed by atoms with E-state index in [1.54, 1.807) is 12.1 Å². The number of sulfonamides is 1. The van der Waals surface area contributed by atoms with Crippen LogP contribution in [0.3, 0.4) is 0 Å². The van der Waals surface area contributed by atoms with Crippen LogP contribution in [0, 0.1) is 13.8 Å². The first-order valence-electron chi connectivity index (χ1n) is 8.37. The summed E-state index contributed by atoms with van der Waals surface area (Å²) in [7, 11) is -2.64. The highest BCUT2D eigenvalue weighted by Crippen LogP contribution is 2.32. The Morgan fingerprint density at radius 2 is 1.63 bits per heavy atom. The van der Waals surface area contributed by atoms with Crippen molar-refractivity contribution in [3.8, 4) is 5.75 Å². The average Bonchev–Trinajstić information content (AvgIpc) is 2.96. The van der Waals surface area contributed by atoms with Crippen molar-refractivity contribution >= 4 is 33.2 Å². The van der Waals surface area contributed by atoms with Crippen LogP contribution in [0.15, 0.2) is 41.3 Å². The molecular formula is C19H20N2O5S. The molecule has 0 aliphatic carbocycles. The second-order valence-electron chi connectivity index (χ2n) is 6.36. The highest BCUT2D eigenvalue weighted by molar-refractivity contribution is 7.92. The summed E-state index contributed by atoms with van der Waals surface area (Å²) in [5, 5.41) is 0. The Balaban J connectivity index is 2.02. The van der Waals surface area contributed by atoms with Crippen LogP contribution >= 0.6 is 0 Å². The molecule has 0 atom stereocenters. The maximum Gasteiger partial charge on any atom is 0.265 e. The summed E-state index contributed by atoms with van der Waals surface area (Å²) in [6.07, 6.45) is 0.238. The lowest BCUT2D eigenvalue weighted by Gasteiger charge is -2.17. The van der Waals surface area contributed by atoms with Crippen molar-refractivity contribution < 1.29 is 22.7 Å². The topological polar surface area (TPSA) is 92.8 Å². The number of aryl methyl sites for hydroxylation is 2. The minimum absolute atomic E-state index is 0.119. The Hall–Kier alpha value is -2.87. The minimum Gasteiger partial charge on any atom is -0.495 e. The molecular weight excluding hydrogens is 368 g/mol. The number of benzene rings is 2. The Bertz CT molecular complexity index is 1010. The molecule has 1 aliphatic heterocycles. The molecule has 8 heteroatoms. The fourth-order valence-corrected chi connectivity index (χ4v) is 4.13. The normalized spacial score (nSPS) is 14.6. The number of methoxy groups -OCH3 is 1. The van der Waals surface area contributed by atoms with Crippen molar-refractivity contribution in [1.82, 2.24) is 0 Å². The summed E-state index contributed by atoms with van der Waals surface area (Å²) >= 11 is 0. The first-order chi connectivity index (χ1) is 12.7. The van der Waals surface area contributed by atoms with Crippen LogP contribution in [0.25, 0.3) is 0 Å². The van der Waals surface area contributed by atoms with Gasteiger partial charge in [-0.2, -0.15) is 0 Å². The largest absolute Gasteiger partial charge is 0.495 e. The molecule has 142 valence electrons. The maximum absolute atomic E-state index is 12.9. The van der Waals surface area contributed by atoms with E-state index in [1.807, 2.05) is 19.9 Å². The summed E-state index contributed by atoms with van der Waals surface area (Å²) in [6.45, 7) is 3.82. The Labute approximate surface area is 158 Å². The molecule has 1 aliphatic rings. The number of amides is 2. The maximum atomic E-state index is 12.9. The Morgan fingerprint density at radius 1 is 0.963 bits per heavy atom. The van der Waals surface area contributed by atoms with Gasteiger partial charge in [0.15, 0.2) is 0 Å². The van der Waals surface area contributed by atoms with Gasteiger partial charge in [-0.15, -0.1) is 0 Å². The molecule has 7 nitrogen and oxygen atoms in total. The van der Waals surface area contributed by atoms with E-state index in [0.717, 1.165) is 16.0 Å². The number of carbonyl (C=O) groups is 2. The van der Waals surface area contributed by atoms with E-state index in [2.05, 4.69) is 4.72 Å². The molecule has 3 rings (SSSR count). The van der Waals surface area contributed by atoms with Crippen LogP contribution in [-0.2, 0) is 19.6 Å². The number of rotatable bonds is 5. The SMILES string of the molecule is COc1ccc(N2C(=O)CCC2=O)cc1S(=O)(=O)Nc1ccc(C)c(C)c1. The zero-order valence-corrected chi connectivity index (χ0v) is 16.1. The number of anilines is 2. The summed E-state index contributed by atoms with van der Waals surface area (Å²) < 4.78 is 33.6. The molecule has 1 N–H and O–H groups in total. The molecule has 2 aromatic rings. The molecule has 0 aromatic heterocycles. The third kappa shape index (κ3) is 3.66. The summed E-state index contributed by atoms with van der Waals surface area (Å²) in [4.78, 5) is 24.8. The summed E-state index contributed by atoms with van der Waals surface area (Å²) in [5.74, 6) is -0.583. The van der Waals surface area contributed by atoms with Gasteiger partial charge in [-0.3, -0.25) is 19.2 Å². The van der Waals surface area contributed by atoms with Gasteiger partial charge < -0.3 is 4.74 Å². The van der Waals surface area contributed by atoms with Crippen LogP contribution < -0.4 is 14.4 Å². The van der Waals surface area contributed by atoms with Crippen molar-refractivity contribution in [3.05, 3.63) is 47.5 Å². The number of carbonyl (C=O) groups excluding carboxylic acids is 2. The van der Waals surface area contributed by atoms with Gasteiger partial charge in [-0.1, -0.05) is 6.07 Å². The van der Waals surface area contributed by atoms with E-state index in [0.29, 0.717) is 5.69 Å². The van der Waals surface area contributed by atoms with Crippen molar-refractivity contribution in [2.45, 2.75) is 31.6 Å². The van der Waals surface area contributed by atoms with Gasteiger partial charge in [0.25, 0.3) is 10.0 Å². The molecule has 0 saturated carbocycles. The van der Waals surface area contributed by atoms with Gasteiger partial charge in [0, 0.05) is 18.5 Å². The van der Waals surface area contributed by atoms with Crippen molar-refractivity contribution in [1.29, 1.82) is 0 Å². The highest BCUT2D eigenvalue weighted by Gasteiger charge is 2.32. The van der Waals surface area contributed by atoms with Crippen LogP contribution in [0.2, 0.25) is 0 Å². The second kappa shape index (κ2) is 7.03. The lowest BCUT2D eigenvalue weighted by molar-refractivity contribution is -0.121. The number of hydrogen-bond donors (Lipinski definition) is 1. The van der Waals surface area contributed by atoms with Gasteiger partial charge in [-0.25, -0.2) is 8.42 Å². The average molecular weight is 388 g/mol. The lowest BCUT2D eigenvalue weighted by atomic mass is 10.1. The van der Waals surface area contributed by atoms with Gasteiger partial charge in [0.1, 0.15) is 10.6 Å². The first-order valence-corrected chi connectivity index (χ1v) is 9.85. The predicted octanol–water partition coefficient (Wildman–Crippen LogP) is 2.77. The molecule has 0 bridgehead atoms. The highest BCUT2D eigenvalue weighted by atomic mass is 32.2. The van der Waals surface area contributed by atoms with Crippen molar-refractivity contribution in [2.24, 2.45) is 0 Å². The van der Waals surface area contributed by atoms with Crippen LogP contribution in [0.4, 0.5) is 11.4 Å². The smallest absolute Gasteiger partial charge is 0.265 e. The number of nitrogens with one attached hydrogen (secondary N) is 1. The van der Waals surface area contributed by atoms with E-state index < -0.39 is 10.0 Å². The van der Waals surface area contributed by atoms with Crippen molar-refractivity contribution in [2.75, 3.05) is 16.7 Å². The van der Waals surface area contributed by atoms with Crippen molar-refractivity contribution in [3.63, 3.8) is 0 Å². The van der Waals surface area contributed by atoms with Gasteiger partial charge >= 0.3 is 0 Å². The quantitative estimate of drug-likeness (QED) is 0.795. The minimum atomic E-state index is -4.00. The first kappa shape index (κ1) is 18.9. The van der Waals surface area contributed by atoms with E-state index >= 15 is 0 Å². The van der Waals surface area contributed by atoms with Crippen LogP contribution in [-0.4, -0.2) is 27.3 Å². The van der Waals surface area contributed by atoms with Gasteiger partial charge in [0.05, 0.1) is 12.8 Å². The zero-order valence-electron chi connectivity index (χ0n) is 15.3. The van der Waals surface area contributed by atoms with Crippen LogP contribution in [0.1, 0.15) is 24.0 Å². The monoisotopic (exact) mass is 388 g/mol. The molecule has 2 amide bonds. The Morgan fingerprint density at radius 3 is 2.22 bits per heavy atom. The van der Waals surface area contributed by atoms with E-state index in [9.17, 15) is 18.0 Å². The van der Waals surface area contributed by atoms with E-state index in [4.69, 9.17) is 4.74 Å². The Kier molecular flexibility index (Phi) is 4.93. The summed E-state index contributed by atoms with van der Waals surface area (Å²) in [5.41, 5.74) is 2.62. The number of imide groups is 1. The van der Waals surface area contributed by atoms with Crippen LogP contribution in [0.5, 0.6) is 5.75 Å². The lowest BCUT2D eigenvalue weighted by Crippen LogP contribution is -2.28. The molecule has 1 saturated heterocycles. The molecule has 0 unspecified atom stereocenters. The molecule has 2 aromatic carbocycles. The number of ether oxygens (including phenoxy) is 1.